The van der Waals surface area contributed by atoms with Crippen LogP contribution in [0.15, 0.2) is 77.7 Å². The van der Waals surface area contributed by atoms with E-state index in [1.165, 1.54) is 36.4 Å². The molecule has 0 aliphatic rings. The number of hydrogen-bond donors (Lipinski definition) is 1. The normalized spacial score (nSPS) is 11.5. The summed E-state index contributed by atoms with van der Waals surface area (Å²) in [7, 11) is -4.16. The molecule has 0 saturated heterocycles. The zero-order valence-corrected chi connectivity index (χ0v) is 18.6. The van der Waals surface area contributed by atoms with Gasteiger partial charge in [0.1, 0.15) is 10.7 Å². The predicted octanol–water partition coefficient (Wildman–Crippen LogP) is 5.00. The van der Waals surface area contributed by atoms with E-state index in [0.717, 1.165) is 9.87 Å². The molecule has 1 amide bonds. The van der Waals surface area contributed by atoms with E-state index in [9.17, 15) is 17.6 Å². The quantitative estimate of drug-likeness (QED) is 0.492. The van der Waals surface area contributed by atoms with Gasteiger partial charge in [-0.1, -0.05) is 65.7 Å². The first-order chi connectivity index (χ1) is 14.8. The van der Waals surface area contributed by atoms with Gasteiger partial charge in [0.05, 0.1) is 17.3 Å². The lowest BCUT2D eigenvalue weighted by molar-refractivity contribution is -0.116. The summed E-state index contributed by atoms with van der Waals surface area (Å²) >= 11 is 12.1. The van der Waals surface area contributed by atoms with Crippen molar-refractivity contribution in [1.29, 1.82) is 0 Å². The Morgan fingerprint density at radius 2 is 1.65 bits per heavy atom. The third-order valence-electron chi connectivity index (χ3n) is 4.47. The van der Waals surface area contributed by atoms with Crippen molar-refractivity contribution in [2.45, 2.75) is 11.3 Å². The number of hydrogen-bond acceptors (Lipinski definition) is 3. The van der Waals surface area contributed by atoms with Crippen LogP contribution in [0.5, 0.6) is 0 Å². The van der Waals surface area contributed by atoms with Crippen LogP contribution in [0.2, 0.25) is 10.0 Å². The Kier molecular flexibility index (Phi) is 7.67. The molecule has 3 aromatic carbocycles. The lowest BCUT2D eigenvalue weighted by Gasteiger charge is -2.22. The number of nitrogens with one attached hydrogen (secondary N) is 1. The topological polar surface area (TPSA) is 66.5 Å². The molecule has 0 aliphatic carbocycles. The van der Waals surface area contributed by atoms with Crippen molar-refractivity contribution in [1.82, 2.24) is 4.31 Å². The number of para-hydroxylation sites is 1. The third-order valence-corrected chi connectivity index (χ3v) is 7.03. The van der Waals surface area contributed by atoms with E-state index < -0.39 is 28.3 Å². The van der Waals surface area contributed by atoms with Crippen molar-refractivity contribution in [3.63, 3.8) is 0 Å². The van der Waals surface area contributed by atoms with Gasteiger partial charge in [-0.2, -0.15) is 4.31 Å². The molecule has 0 fully saturated rings. The minimum absolute atomic E-state index is 0.0105. The minimum atomic E-state index is -4.16. The molecular weight excluding hydrogens is 462 g/mol. The summed E-state index contributed by atoms with van der Waals surface area (Å²) in [6, 6.07) is 19.0. The number of sulfonamides is 1. The van der Waals surface area contributed by atoms with Gasteiger partial charge in [0.2, 0.25) is 15.9 Å². The molecule has 0 aromatic heterocycles. The molecule has 0 atom stereocenters. The van der Waals surface area contributed by atoms with Gasteiger partial charge < -0.3 is 5.32 Å². The Morgan fingerprint density at radius 3 is 2.35 bits per heavy atom. The average molecular weight is 481 g/mol. The van der Waals surface area contributed by atoms with Crippen LogP contribution >= 0.6 is 23.2 Å². The van der Waals surface area contributed by atoms with Gasteiger partial charge in [0, 0.05) is 11.6 Å². The Bertz CT molecular complexity index is 1170. The number of halogens is 3. The molecule has 9 heteroatoms. The van der Waals surface area contributed by atoms with Gasteiger partial charge in [-0.05, 0) is 42.3 Å². The molecule has 0 unspecified atom stereocenters. The first kappa shape index (κ1) is 23.2. The highest BCUT2D eigenvalue weighted by molar-refractivity contribution is 7.89. The smallest absolute Gasteiger partial charge is 0.245 e. The summed E-state index contributed by atoms with van der Waals surface area (Å²) in [6.07, 6.45) is 0.366. The Labute approximate surface area is 190 Å². The molecular formula is C22H19Cl2FN2O3S. The van der Waals surface area contributed by atoms with Crippen molar-refractivity contribution >= 4 is 44.8 Å². The van der Waals surface area contributed by atoms with Crippen molar-refractivity contribution < 1.29 is 17.6 Å². The van der Waals surface area contributed by atoms with Crippen LogP contribution in [0.1, 0.15) is 5.56 Å². The fraction of sp³-hybridized carbons (Fsp3) is 0.136. The molecule has 0 spiro atoms. The third kappa shape index (κ3) is 6.04. The SMILES string of the molecule is O=C(CN(CCc1ccccc1)S(=O)(=O)c1cc(Cl)ccc1Cl)Nc1ccccc1F. The molecule has 31 heavy (non-hydrogen) atoms. The second-order valence-electron chi connectivity index (χ2n) is 6.68. The molecule has 3 rings (SSSR count). The second-order valence-corrected chi connectivity index (χ2v) is 9.43. The van der Waals surface area contributed by atoms with Crippen LogP contribution in [0.4, 0.5) is 10.1 Å². The van der Waals surface area contributed by atoms with E-state index in [4.69, 9.17) is 23.2 Å². The highest BCUT2D eigenvalue weighted by Crippen LogP contribution is 2.28. The zero-order chi connectivity index (χ0) is 22.4. The molecule has 5 nitrogen and oxygen atoms in total. The number of carbonyl (C=O) groups excluding carboxylic acids is 1. The van der Waals surface area contributed by atoms with E-state index in [1.807, 2.05) is 30.3 Å². The number of nitrogens with zero attached hydrogens (tertiary/aromatic N) is 1. The van der Waals surface area contributed by atoms with Crippen LogP contribution < -0.4 is 5.32 Å². The van der Waals surface area contributed by atoms with Crippen molar-refractivity contribution in [2.75, 3.05) is 18.4 Å². The first-order valence-corrected chi connectivity index (χ1v) is 11.5. The Balaban J connectivity index is 1.87. The summed E-state index contributed by atoms with van der Waals surface area (Å²) in [4.78, 5) is 12.4. The van der Waals surface area contributed by atoms with Gasteiger partial charge >= 0.3 is 0 Å². The summed E-state index contributed by atoms with van der Waals surface area (Å²) in [5, 5.41) is 2.59. The van der Waals surface area contributed by atoms with E-state index in [1.54, 1.807) is 6.07 Å². The Hall–Kier alpha value is -2.45. The molecule has 3 aromatic rings. The predicted molar refractivity (Wildman–Crippen MR) is 120 cm³/mol. The highest BCUT2D eigenvalue weighted by Gasteiger charge is 2.29. The fourth-order valence-corrected chi connectivity index (χ4v) is 5.04. The Morgan fingerprint density at radius 1 is 0.968 bits per heavy atom. The molecule has 1 N–H and O–H groups in total. The van der Waals surface area contributed by atoms with Gasteiger partial charge in [0.15, 0.2) is 0 Å². The fourth-order valence-electron chi connectivity index (χ4n) is 2.91. The van der Waals surface area contributed by atoms with E-state index in [2.05, 4.69) is 5.32 Å². The van der Waals surface area contributed by atoms with Crippen LogP contribution in [0.25, 0.3) is 0 Å². The number of anilines is 1. The summed E-state index contributed by atoms with van der Waals surface area (Å²) in [6.45, 7) is -0.508. The molecule has 0 radical (unpaired) electrons. The summed E-state index contributed by atoms with van der Waals surface area (Å²) in [5.74, 6) is -1.30. The standard InChI is InChI=1S/C22H19Cl2FN2O3S/c23-17-10-11-18(24)21(14-17)31(29,30)27(13-12-16-6-2-1-3-7-16)15-22(28)26-20-9-5-4-8-19(20)25/h1-11,14H,12-13,15H2,(H,26,28). The largest absolute Gasteiger partial charge is 0.322 e. The van der Waals surface area contributed by atoms with Crippen LogP contribution in [0.3, 0.4) is 0 Å². The van der Waals surface area contributed by atoms with Crippen LogP contribution in [-0.4, -0.2) is 31.7 Å². The highest BCUT2D eigenvalue weighted by atomic mass is 35.5. The monoisotopic (exact) mass is 480 g/mol. The number of amides is 1. The van der Waals surface area contributed by atoms with Crippen molar-refractivity contribution in [3.8, 4) is 0 Å². The average Bonchev–Trinajstić information content (AvgIpc) is 2.75. The van der Waals surface area contributed by atoms with Gasteiger partial charge in [-0.15, -0.1) is 0 Å². The second kappa shape index (κ2) is 10.2. The van der Waals surface area contributed by atoms with Crippen molar-refractivity contribution in [2.24, 2.45) is 0 Å². The number of benzene rings is 3. The number of rotatable bonds is 8. The lowest BCUT2D eigenvalue weighted by Crippen LogP contribution is -2.39. The maximum absolute atomic E-state index is 13.9. The van der Waals surface area contributed by atoms with Gasteiger partial charge in [-0.25, -0.2) is 12.8 Å². The molecule has 0 bridgehead atoms. The van der Waals surface area contributed by atoms with E-state index in [-0.39, 0.29) is 27.2 Å². The van der Waals surface area contributed by atoms with Crippen LogP contribution in [0, 0.1) is 5.82 Å². The molecule has 0 heterocycles. The van der Waals surface area contributed by atoms with Crippen molar-refractivity contribution in [3.05, 3.63) is 94.2 Å². The van der Waals surface area contributed by atoms with Gasteiger partial charge in [-0.3, -0.25) is 4.79 Å². The maximum Gasteiger partial charge on any atom is 0.245 e. The summed E-state index contributed by atoms with van der Waals surface area (Å²) < 4.78 is 41.5. The molecule has 162 valence electrons. The first-order valence-electron chi connectivity index (χ1n) is 9.31. The lowest BCUT2D eigenvalue weighted by atomic mass is 10.1. The zero-order valence-electron chi connectivity index (χ0n) is 16.3. The van der Waals surface area contributed by atoms with Crippen LogP contribution in [-0.2, 0) is 21.2 Å². The maximum atomic E-state index is 13.9. The molecule has 0 aliphatic heterocycles. The van der Waals surface area contributed by atoms with E-state index >= 15 is 0 Å². The molecule has 0 saturated carbocycles. The summed E-state index contributed by atoms with van der Waals surface area (Å²) in [5.41, 5.74) is 0.864. The minimum Gasteiger partial charge on any atom is -0.322 e. The number of carbonyl (C=O) groups is 1. The van der Waals surface area contributed by atoms with Gasteiger partial charge in [0.25, 0.3) is 0 Å². The van der Waals surface area contributed by atoms with E-state index in [0.29, 0.717) is 6.42 Å².